The van der Waals surface area contributed by atoms with Crippen molar-refractivity contribution in [3.05, 3.63) is 0 Å². The molecule has 0 aromatic heterocycles. The van der Waals surface area contributed by atoms with E-state index < -0.39 is 11.1 Å². The molecule has 0 aliphatic carbocycles. The molecule has 0 saturated carbocycles. The van der Waals surface area contributed by atoms with Gasteiger partial charge in [0.05, 0.1) is 19.8 Å². The predicted octanol–water partition coefficient (Wildman–Crippen LogP) is 0.699. The third-order valence-electron chi connectivity index (χ3n) is 1.41. The minimum absolute atomic E-state index is 0.0644. The number of rotatable bonds is 9. The smallest absolute Gasteiger partial charge is 0.0700 e. The van der Waals surface area contributed by atoms with Gasteiger partial charge >= 0.3 is 0 Å². The lowest BCUT2D eigenvalue weighted by molar-refractivity contribution is 0.0523. The molecule has 0 bridgehead atoms. The van der Waals surface area contributed by atoms with Gasteiger partial charge in [-0.25, -0.2) is 0 Å². The van der Waals surface area contributed by atoms with Crippen LogP contribution in [-0.4, -0.2) is 40.9 Å². The molecular weight excluding hydrogens is 192 g/mol. The molecule has 0 radical (unpaired) electrons. The van der Waals surface area contributed by atoms with Crippen molar-refractivity contribution in [2.45, 2.75) is 19.8 Å². The van der Waals surface area contributed by atoms with E-state index >= 15 is 0 Å². The molecule has 0 spiro atoms. The quantitative estimate of drug-likeness (QED) is 0.414. The van der Waals surface area contributed by atoms with E-state index in [9.17, 15) is 8.76 Å². The Bertz CT molecular complexity index is 129. The molecule has 1 unspecified atom stereocenters. The Morgan fingerprint density at radius 3 is 2.31 bits per heavy atom. The van der Waals surface area contributed by atoms with Gasteiger partial charge in [0, 0.05) is 12.4 Å². The summed E-state index contributed by atoms with van der Waals surface area (Å²) in [7, 11) is 0. The van der Waals surface area contributed by atoms with Crippen LogP contribution in [0.3, 0.4) is 0 Å². The average molecular weight is 209 g/mol. The van der Waals surface area contributed by atoms with Crippen molar-refractivity contribution >= 4 is 11.1 Å². The predicted molar refractivity (Wildman–Crippen MR) is 50.3 cm³/mol. The third-order valence-corrected chi connectivity index (χ3v) is 1.91. The lowest BCUT2D eigenvalue weighted by atomic mass is 10.4. The summed E-state index contributed by atoms with van der Waals surface area (Å²) in [6, 6.07) is 0. The second kappa shape index (κ2) is 10.1. The van der Waals surface area contributed by atoms with E-state index in [2.05, 4.69) is 6.92 Å². The van der Waals surface area contributed by atoms with Crippen LogP contribution < -0.4 is 0 Å². The fourth-order valence-electron chi connectivity index (χ4n) is 0.695. The zero-order valence-electron chi connectivity index (χ0n) is 7.99. The Kier molecular flexibility index (Phi) is 10.1. The second-order valence-corrected chi connectivity index (χ2v) is 3.60. The van der Waals surface area contributed by atoms with Gasteiger partial charge in [-0.05, 0) is 6.42 Å². The first-order valence-corrected chi connectivity index (χ1v) is 5.73. The van der Waals surface area contributed by atoms with Crippen LogP contribution in [0.2, 0.25) is 0 Å². The molecule has 1 atom stereocenters. The summed E-state index contributed by atoms with van der Waals surface area (Å²) in [4.78, 5) is 0. The van der Waals surface area contributed by atoms with Crippen LogP contribution in [0.1, 0.15) is 19.8 Å². The summed E-state index contributed by atoms with van der Waals surface area (Å²) in [6.45, 7) is 4.14. The monoisotopic (exact) mass is 209 g/mol. The Morgan fingerprint density at radius 1 is 1.15 bits per heavy atom. The number of hydrogen-bond acceptors (Lipinski definition) is 4. The molecule has 80 valence electrons. The summed E-state index contributed by atoms with van der Waals surface area (Å²) in [5.41, 5.74) is 0. The summed E-state index contributed by atoms with van der Waals surface area (Å²) < 4.78 is 30.3. The van der Waals surface area contributed by atoms with Gasteiger partial charge in [-0.15, -0.1) is 0 Å². The zero-order chi connectivity index (χ0) is 9.94. The van der Waals surface area contributed by atoms with Crippen molar-refractivity contribution in [1.82, 2.24) is 0 Å². The van der Waals surface area contributed by atoms with Crippen LogP contribution in [-0.2, 0) is 20.6 Å². The van der Waals surface area contributed by atoms with Crippen LogP contribution in [0.15, 0.2) is 0 Å². The number of ether oxygens (including phenoxy) is 2. The first kappa shape index (κ1) is 13.0. The van der Waals surface area contributed by atoms with Crippen molar-refractivity contribution in [3.63, 3.8) is 0 Å². The van der Waals surface area contributed by atoms with Crippen LogP contribution in [0.25, 0.3) is 0 Å². The molecule has 4 nitrogen and oxygen atoms in total. The van der Waals surface area contributed by atoms with Crippen LogP contribution in [0.5, 0.6) is 0 Å². The SMILES string of the molecule is CCCCOCCOCCS(=O)[O-]. The fraction of sp³-hybridized carbons (Fsp3) is 1.00. The van der Waals surface area contributed by atoms with Crippen molar-refractivity contribution in [3.8, 4) is 0 Å². The highest BCUT2D eigenvalue weighted by Gasteiger charge is 1.89. The van der Waals surface area contributed by atoms with Crippen LogP contribution in [0, 0.1) is 0 Å². The standard InChI is InChI=1S/C8H18O4S/c1-2-3-4-11-5-6-12-7-8-13(9)10/h2-8H2,1H3,(H,9,10)/p-1. The van der Waals surface area contributed by atoms with Gasteiger partial charge in [-0.2, -0.15) is 0 Å². The van der Waals surface area contributed by atoms with Crippen molar-refractivity contribution in [2.24, 2.45) is 0 Å². The molecule has 0 aliphatic heterocycles. The maximum Gasteiger partial charge on any atom is 0.0700 e. The lowest BCUT2D eigenvalue weighted by Crippen LogP contribution is -2.10. The van der Waals surface area contributed by atoms with Crippen molar-refractivity contribution in [1.29, 1.82) is 0 Å². The molecule has 0 saturated heterocycles. The maximum atomic E-state index is 10.1. The van der Waals surface area contributed by atoms with E-state index in [0.29, 0.717) is 13.2 Å². The fourth-order valence-corrected chi connectivity index (χ4v) is 0.949. The molecule has 0 N–H and O–H groups in total. The Hall–Kier alpha value is 0.0300. The van der Waals surface area contributed by atoms with E-state index in [1.54, 1.807) is 0 Å². The summed E-state index contributed by atoms with van der Waals surface area (Å²) >= 11 is -1.99. The molecule has 0 fully saturated rings. The largest absolute Gasteiger partial charge is 0.772 e. The highest BCUT2D eigenvalue weighted by molar-refractivity contribution is 7.79. The van der Waals surface area contributed by atoms with Gasteiger partial charge in [-0.1, -0.05) is 24.4 Å². The van der Waals surface area contributed by atoms with Crippen LogP contribution >= 0.6 is 0 Å². The molecule has 0 rings (SSSR count). The first-order chi connectivity index (χ1) is 6.27. The Labute approximate surface area is 81.9 Å². The molecule has 0 aromatic carbocycles. The van der Waals surface area contributed by atoms with E-state index in [0.717, 1.165) is 19.4 Å². The topological polar surface area (TPSA) is 58.6 Å². The van der Waals surface area contributed by atoms with Gasteiger partial charge in [0.15, 0.2) is 0 Å². The highest BCUT2D eigenvalue weighted by Crippen LogP contribution is 1.87. The normalized spacial score (nSPS) is 13.1. The summed E-state index contributed by atoms with van der Waals surface area (Å²) in [5, 5.41) is 0. The number of hydrogen-bond donors (Lipinski definition) is 0. The van der Waals surface area contributed by atoms with E-state index in [-0.39, 0.29) is 12.4 Å². The molecular formula is C8H17O4S-. The van der Waals surface area contributed by atoms with Crippen molar-refractivity contribution < 1.29 is 18.2 Å². The minimum Gasteiger partial charge on any atom is -0.772 e. The molecule has 0 aliphatic rings. The van der Waals surface area contributed by atoms with Gasteiger partial charge in [0.1, 0.15) is 0 Å². The van der Waals surface area contributed by atoms with Gasteiger partial charge in [0.25, 0.3) is 0 Å². The molecule has 13 heavy (non-hydrogen) atoms. The molecule has 0 heterocycles. The average Bonchev–Trinajstić information content (AvgIpc) is 2.09. The van der Waals surface area contributed by atoms with E-state index in [1.807, 2.05) is 0 Å². The third kappa shape index (κ3) is 12.0. The van der Waals surface area contributed by atoms with Crippen LogP contribution in [0.4, 0.5) is 0 Å². The Balaban J connectivity index is 2.87. The van der Waals surface area contributed by atoms with Crippen molar-refractivity contribution in [2.75, 3.05) is 32.2 Å². The van der Waals surface area contributed by atoms with Gasteiger partial charge in [0.2, 0.25) is 0 Å². The minimum atomic E-state index is -1.99. The van der Waals surface area contributed by atoms with Gasteiger partial charge < -0.3 is 14.0 Å². The molecule has 0 amide bonds. The molecule has 0 aromatic rings. The molecule has 5 heteroatoms. The lowest BCUT2D eigenvalue weighted by Gasteiger charge is -2.06. The highest BCUT2D eigenvalue weighted by atomic mass is 32.2. The van der Waals surface area contributed by atoms with E-state index in [4.69, 9.17) is 9.47 Å². The summed E-state index contributed by atoms with van der Waals surface area (Å²) in [6.07, 6.45) is 2.18. The van der Waals surface area contributed by atoms with Gasteiger partial charge in [-0.3, -0.25) is 4.21 Å². The van der Waals surface area contributed by atoms with E-state index in [1.165, 1.54) is 0 Å². The number of unbranched alkanes of at least 4 members (excludes halogenated alkanes) is 1. The Morgan fingerprint density at radius 2 is 1.77 bits per heavy atom. The zero-order valence-corrected chi connectivity index (χ0v) is 8.81. The first-order valence-electron chi connectivity index (χ1n) is 4.48. The second-order valence-electron chi connectivity index (χ2n) is 2.59. The summed E-state index contributed by atoms with van der Waals surface area (Å²) in [5.74, 6) is 0.0644. The maximum absolute atomic E-state index is 10.1.